The Labute approximate surface area is 248 Å². The molecule has 4 heterocycles. The number of aromatic nitrogens is 1. The molecular weight excluding hydrogens is 552 g/mol. The number of ether oxygens (including phenoxy) is 2. The number of hydrogen-bond donors (Lipinski definition) is 0. The number of rotatable bonds is 6. The van der Waals surface area contributed by atoms with E-state index in [0.29, 0.717) is 29.3 Å². The lowest BCUT2D eigenvalue weighted by atomic mass is 9.98. The molecule has 222 valence electrons. The molecule has 42 heavy (non-hydrogen) atoms. The highest BCUT2D eigenvalue weighted by atomic mass is 32.2. The summed E-state index contributed by atoms with van der Waals surface area (Å²) in [4.78, 5) is 24.8. The van der Waals surface area contributed by atoms with E-state index in [4.69, 9.17) is 9.47 Å². The van der Waals surface area contributed by atoms with Crippen LogP contribution in [0.3, 0.4) is 0 Å². The van der Waals surface area contributed by atoms with Crippen LogP contribution < -0.4 is 9.47 Å². The predicted octanol–water partition coefficient (Wildman–Crippen LogP) is 4.32. The average molecular weight is 591 g/mol. The molecule has 0 aliphatic carbocycles. The third kappa shape index (κ3) is 5.50. The second kappa shape index (κ2) is 11.7. The van der Waals surface area contributed by atoms with Gasteiger partial charge in [0.15, 0.2) is 11.5 Å². The molecule has 3 aliphatic rings. The Balaban J connectivity index is 1.05. The standard InChI is InChI=1S/C32H38N4O5S/c1-22-5-4-14-33-31(22)32(37)34-15-12-26(13-16-34)35-17-18-36(23(2)20-35)24(3)25-6-8-27(9-7-25)42(38,39)28-10-11-29-30(19-28)41-21-40-29/h4-11,14,19,23-24,26H,12-13,15-18,20-21H2,1-3H3/t23-,24+/m1/s1. The van der Waals surface area contributed by atoms with Crippen molar-refractivity contribution in [1.82, 2.24) is 19.7 Å². The first-order chi connectivity index (χ1) is 20.2. The number of carbonyl (C=O) groups is 1. The van der Waals surface area contributed by atoms with Crippen LogP contribution in [-0.4, -0.2) is 85.6 Å². The molecule has 9 nitrogen and oxygen atoms in total. The zero-order chi connectivity index (χ0) is 29.4. The summed E-state index contributed by atoms with van der Waals surface area (Å²) in [5.41, 5.74) is 2.58. The van der Waals surface area contributed by atoms with Gasteiger partial charge < -0.3 is 14.4 Å². The highest BCUT2D eigenvalue weighted by Crippen LogP contribution is 2.36. The molecule has 0 spiro atoms. The molecule has 0 unspecified atom stereocenters. The zero-order valence-electron chi connectivity index (χ0n) is 24.4. The maximum atomic E-state index is 13.3. The van der Waals surface area contributed by atoms with E-state index in [0.717, 1.165) is 56.7 Å². The molecule has 1 aromatic heterocycles. The van der Waals surface area contributed by atoms with E-state index >= 15 is 0 Å². The monoisotopic (exact) mass is 590 g/mol. The molecule has 0 N–H and O–H groups in total. The Bertz CT molecular complexity index is 1550. The number of sulfone groups is 1. The number of hydrogen-bond acceptors (Lipinski definition) is 8. The number of piperidine rings is 1. The van der Waals surface area contributed by atoms with E-state index in [2.05, 4.69) is 28.6 Å². The lowest BCUT2D eigenvalue weighted by Gasteiger charge is -2.47. The molecule has 2 fully saturated rings. The molecule has 0 bridgehead atoms. The van der Waals surface area contributed by atoms with Gasteiger partial charge in [-0.2, -0.15) is 0 Å². The summed E-state index contributed by atoms with van der Waals surface area (Å²) in [7, 11) is -3.67. The van der Waals surface area contributed by atoms with Gasteiger partial charge in [-0.05, 0) is 75.1 Å². The molecule has 3 aliphatic heterocycles. The summed E-state index contributed by atoms with van der Waals surface area (Å²) in [6, 6.07) is 16.8. The molecule has 3 aromatic rings. The number of piperazine rings is 1. The van der Waals surface area contributed by atoms with Gasteiger partial charge in [-0.3, -0.25) is 19.6 Å². The smallest absolute Gasteiger partial charge is 0.272 e. The van der Waals surface area contributed by atoms with Crippen LogP contribution in [0.2, 0.25) is 0 Å². The first-order valence-electron chi connectivity index (χ1n) is 14.7. The number of benzene rings is 2. The minimum atomic E-state index is -3.67. The second-order valence-electron chi connectivity index (χ2n) is 11.5. The summed E-state index contributed by atoms with van der Waals surface area (Å²) in [6.45, 7) is 10.9. The van der Waals surface area contributed by atoms with Gasteiger partial charge in [0.1, 0.15) is 5.69 Å². The molecule has 2 atom stereocenters. The van der Waals surface area contributed by atoms with E-state index in [-0.39, 0.29) is 28.5 Å². The molecule has 0 radical (unpaired) electrons. The van der Waals surface area contributed by atoms with E-state index in [1.807, 2.05) is 36.1 Å². The van der Waals surface area contributed by atoms with Crippen molar-refractivity contribution >= 4 is 15.7 Å². The minimum Gasteiger partial charge on any atom is -0.454 e. The Morgan fingerprint density at radius 1 is 0.952 bits per heavy atom. The van der Waals surface area contributed by atoms with E-state index < -0.39 is 9.84 Å². The van der Waals surface area contributed by atoms with Gasteiger partial charge in [-0.15, -0.1) is 0 Å². The van der Waals surface area contributed by atoms with Crippen LogP contribution in [-0.2, 0) is 9.84 Å². The predicted molar refractivity (Wildman–Crippen MR) is 159 cm³/mol. The van der Waals surface area contributed by atoms with E-state index in [1.54, 1.807) is 30.5 Å². The number of aryl methyl sites for hydroxylation is 1. The van der Waals surface area contributed by atoms with Gasteiger partial charge in [0.05, 0.1) is 9.79 Å². The van der Waals surface area contributed by atoms with Crippen LogP contribution in [0.25, 0.3) is 0 Å². The second-order valence-corrected chi connectivity index (χ2v) is 13.5. The number of fused-ring (bicyclic) bond motifs is 1. The molecule has 2 saturated heterocycles. The Morgan fingerprint density at radius 3 is 2.38 bits per heavy atom. The van der Waals surface area contributed by atoms with Crippen molar-refractivity contribution in [3.63, 3.8) is 0 Å². The van der Waals surface area contributed by atoms with Gasteiger partial charge in [-0.1, -0.05) is 18.2 Å². The third-order valence-electron chi connectivity index (χ3n) is 9.02. The van der Waals surface area contributed by atoms with Crippen LogP contribution in [0.15, 0.2) is 70.6 Å². The van der Waals surface area contributed by atoms with E-state index in [9.17, 15) is 13.2 Å². The van der Waals surface area contributed by atoms with Crippen LogP contribution in [0.5, 0.6) is 11.5 Å². The fraction of sp³-hybridized carbons (Fsp3) is 0.438. The number of nitrogens with zero attached hydrogens (tertiary/aromatic N) is 4. The van der Waals surface area contributed by atoms with Crippen LogP contribution in [0, 0.1) is 6.92 Å². The molecule has 0 saturated carbocycles. The largest absolute Gasteiger partial charge is 0.454 e. The normalized spacial score (nSPS) is 20.9. The number of likely N-dealkylation sites (tertiary alicyclic amines) is 1. The summed E-state index contributed by atoms with van der Waals surface area (Å²) in [6.07, 6.45) is 3.63. The van der Waals surface area contributed by atoms with Crippen molar-refractivity contribution in [2.24, 2.45) is 0 Å². The summed E-state index contributed by atoms with van der Waals surface area (Å²) in [5.74, 6) is 1.05. The van der Waals surface area contributed by atoms with Crippen LogP contribution in [0.1, 0.15) is 54.3 Å². The van der Waals surface area contributed by atoms with Gasteiger partial charge in [0.2, 0.25) is 16.6 Å². The van der Waals surface area contributed by atoms with Crippen molar-refractivity contribution in [1.29, 1.82) is 0 Å². The summed E-state index contributed by atoms with van der Waals surface area (Å²) < 4.78 is 37.2. The zero-order valence-corrected chi connectivity index (χ0v) is 25.2. The molecule has 2 aromatic carbocycles. The molecule has 1 amide bonds. The Kier molecular flexibility index (Phi) is 7.95. The molecular formula is C32H38N4O5S. The Hall–Kier alpha value is -3.47. The highest BCUT2D eigenvalue weighted by Gasteiger charge is 2.34. The highest BCUT2D eigenvalue weighted by molar-refractivity contribution is 7.91. The number of pyridine rings is 1. The quantitative estimate of drug-likeness (QED) is 0.419. The van der Waals surface area contributed by atoms with E-state index in [1.165, 1.54) is 6.07 Å². The van der Waals surface area contributed by atoms with Gasteiger partial charge in [-0.25, -0.2) is 8.42 Å². The lowest BCUT2D eigenvalue weighted by Crippen LogP contribution is -2.57. The average Bonchev–Trinajstić information content (AvgIpc) is 3.49. The van der Waals surface area contributed by atoms with Crippen molar-refractivity contribution in [3.05, 3.63) is 77.6 Å². The fourth-order valence-corrected chi connectivity index (χ4v) is 7.77. The van der Waals surface area contributed by atoms with Crippen LogP contribution >= 0.6 is 0 Å². The van der Waals surface area contributed by atoms with Crippen molar-refractivity contribution in [2.45, 2.75) is 61.5 Å². The van der Waals surface area contributed by atoms with Crippen molar-refractivity contribution in [3.8, 4) is 11.5 Å². The maximum absolute atomic E-state index is 13.3. The first kappa shape index (κ1) is 28.6. The van der Waals surface area contributed by atoms with Crippen molar-refractivity contribution < 1.29 is 22.7 Å². The number of amides is 1. The van der Waals surface area contributed by atoms with Crippen LogP contribution in [0.4, 0.5) is 0 Å². The summed E-state index contributed by atoms with van der Waals surface area (Å²) >= 11 is 0. The minimum absolute atomic E-state index is 0.0354. The molecule has 10 heteroatoms. The van der Waals surface area contributed by atoms with Crippen molar-refractivity contribution in [2.75, 3.05) is 39.5 Å². The lowest BCUT2D eigenvalue weighted by molar-refractivity contribution is 0.0134. The fourth-order valence-electron chi connectivity index (χ4n) is 6.50. The van der Waals surface area contributed by atoms with Gasteiger partial charge in [0.25, 0.3) is 5.91 Å². The first-order valence-corrected chi connectivity index (χ1v) is 16.2. The topological polar surface area (TPSA) is 92.3 Å². The number of carbonyl (C=O) groups excluding carboxylic acids is 1. The van der Waals surface area contributed by atoms with Gasteiger partial charge >= 0.3 is 0 Å². The Morgan fingerprint density at radius 2 is 1.67 bits per heavy atom. The maximum Gasteiger partial charge on any atom is 0.272 e. The molecule has 6 rings (SSSR count). The SMILES string of the molecule is Cc1cccnc1C(=O)N1CCC(N2CCN([C@@H](C)c3ccc(S(=O)(=O)c4ccc5c(c4)OCO5)cc3)[C@H](C)C2)CC1. The summed E-state index contributed by atoms with van der Waals surface area (Å²) in [5, 5.41) is 0. The van der Waals surface area contributed by atoms with Gasteiger partial charge in [0, 0.05) is 63.1 Å². The third-order valence-corrected chi connectivity index (χ3v) is 10.8.